The highest BCUT2D eigenvalue weighted by Gasteiger charge is 2.40. The third-order valence-corrected chi connectivity index (χ3v) is 6.67. The van der Waals surface area contributed by atoms with Crippen LogP contribution in [0.25, 0.3) is 0 Å². The quantitative estimate of drug-likeness (QED) is 0.797. The number of sulfone groups is 1. The van der Waals surface area contributed by atoms with Gasteiger partial charge in [-0.25, -0.2) is 12.8 Å². The third kappa shape index (κ3) is 3.97. The molecule has 0 bridgehead atoms. The third-order valence-electron chi connectivity index (χ3n) is 4.47. The van der Waals surface area contributed by atoms with Gasteiger partial charge in [-0.1, -0.05) is 18.2 Å². The molecule has 0 aromatic heterocycles. The molecule has 9 heteroatoms. The summed E-state index contributed by atoms with van der Waals surface area (Å²) in [4.78, 5) is 12.3. The van der Waals surface area contributed by atoms with Gasteiger partial charge in [-0.15, -0.1) is 0 Å². The van der Waals surface area contributed by atoms with E-state index in [0.717, 1.165) is 6.07 Å². The first-order chi connectivity index (χ1) is 12.6. The second-order valence-corrected chi connectivity index (χ2v) is 8.54. The van der Waals surface area contributed by atoms with Crippen LogP contribution in [0.3, 0.4) is 0 Å². The van der Waals surface area contributed by atoms with Crippen molar-refractivity contribution in [3.05, 3.63) is 65.5 Å². The summed E-state index contributed by atoms with van der Waals surface area (Å²) < 4.78 is 76.4. The molecule has 144 valence electrons. The maximum absolute atomic E-state index is 13.3. The standard InChI is InChI=1S/C18H15F4NO3S/c19-16-7-6-11(8-15(16)18(20,21)22)17(24)23-12-9-14(10-12)27(25,26)13-4-2-1-3-5-13/h1-8,12,14H,9-10H2,(H,23,24). The summed E-state index contributed by atoms with van der Waals surface area (Å²) in [5.41, 5.74) is -1.86. The van der Waals surface area contributed by atoms with Gasteiger partial charge in [0.1, 0.15) is 5.82 Å². The molecule has 0 spiro atoms. The van der Waals surface area contributed by atoms with E-state index in [9.17, 15) is 30.8 Å². The lowest BCUT2D eigenvalue weighted by atomic mass is 9.92. The average Bonchev–Trinajstić information content (AvgIpc) is 2.57. The summed E-state index contributed by atoms with van der Waals surface area (Å²) in [7, 11) is -3.52. The molecule has 2 aromatic rings. The molecular formula is C18H15F4NO3S. The highest BCUT2D eigenvalue weighted by atomic mass is 32.2. The van der Waals surface area contributed by atoms with Crippen LogP contribution in [0.1, 0.15) is 28.8 Å². The van der Waals surface area contributed by atoms with E-state index < -0.39 is 44.6 Å². The molecule has 1 aliphatic carbocycles. The zero-order valence-corrected chi connectivity index (χ0v) is 14.6. The van der Waals surface area contributed by atoms with Crippen LogP contribution in [0, 0.1) is 5.82 Å². The van der Waals surface area contributed by atoms with Gasteiger partial charge in [0.2, 0.25) is 0 Å². The molecule has 0 heterocycles. The van der Waals surface area contributed by atoms with E-state index >= 15 is 0 Å². The minimum Gasteiger partial charge on any atom is -0.349 e. The lowest BCUT2D eigenvalue weighted by Crippen LogP contribution is -2.49. The number of rotatable bonds is 4. The maximum atomic E-state index is 13.3. The van der Waals surface area contributed by atoms with Crippen molar-refractivity contribution < 1.29 is 30.8 Å². The molecule has 1 aliphatic rings. The van der Waals surface area contributed by atoms with Crippen molar-refractivity contribution in [1.29, 1.82) is 0 Å². The Hall–Kier alpha value is -2.42. The van der Waals surface area contributed by atoms with Crippen molar-refractivity contribution in [1.82, 2.24) is 5.32 Å². The number of amides is 1. The van der Waals surface area contributed by atoms with E-state index in [1.165, 1.54) is 12.1 Å². The molecule has 1 fully saturated rings. The summed E-state index contributed by atoms with van der Waals surface area (Å²) in [6.07, 6.45) is -4.59. The molecule has 2 aromatic carbocycles. The van der Waals surface area contributed by atoms with Gasteiger partial charge in [-0.05, 0) is 43.2 Å². The number of benzene rings is 2. The van der Waals surface area contributed by atoms with Crippen molar-refractivity contribution >= 4 is 15.7 Å². The number of alkyl halides is 3. The number of hydrogen-bond acceptors (Lipinski definition) is 3. The first-order valence-electron chi connectivity index (χ1n) is 8.05. The SMILES string of the molecule is O=C(NC1CC(S(=O)(=O)c2ccccc2)C1)c1ccc(F)c(C(F)(F)F)c1. The molecule has 0 radical (unpaired) electrons. The molecular weight excluding hydrogens is 386 g/mol. The maximum Gasteiger partial charge on any atom is 0.419 e. The molecule has 1 amide bonds. The van der Waals surface area contributed by atoms with Gasteiger partial charge in [0.15, 0.2) is 9.84 Å². The van der Waals surface area contributed by atoms with Crippen molar-refractivity contribution in [2.75, 3.05) is 0 Å². The molecule has 27 heavy (non-hydrogen) atoms. The summed E-state index contributed by atoms with van der Waals surface area (Å²) >= 11 is 0. The highest BCUT2D eigenvalue weighted by molar-refractivity contribution is 7.92. The van der Waals surface area contributed by atoms with Gasteiger partial charge in [0, 0.05) is 11.6 Å². The van der Waals surface area contributed by atoms with Crippen LogP contribution in [0.4, 0.5) is 17.6 Å². The van der Waals surface area contributed by atoms with Crippen molar-refractivity contribution in [2.45, 2.75) is 35.2 Å². The Labute approximate surface area is 153 Å². The van der Waals surface area contributed by atoms with Crippen molar-refractivity contribution in [3.8, 4) is 0 Å². The van der Waals surface area contributed by atoms with Gasteiger partial charge in [-0.3, -0.25) is 4.79 Å². The summed E-state index contributed by atoms with van der Waals surface area (Å²) in [6.45, 7) is 0. The minimum absolute atomic E-state index is 0.163. The van der Waals surface area contributed by atoms with Gasteiger partial charge < -0.3 is 5.32 Å². The smallest absolute Gasteiger partial charge is 0.349 e. The molecule has 1 saturated carbocycles. The fourth-order valence-corrected chi connectivity index (χ4v) is 4.78. The first kappa shape index (κ1) is 19.3. The summed E-state index contributed by atoms with van der Waals surface area (Å²) in [5, 5.41) is 1.83. The Morgan fingerprint density at radius 3 is 2.26 bits per heavy atom. The Bertz CT molecular complexity index is 952. The van der Waals surface area contributed by atoms with Crippen LogP contribution in [-0.2, 0) is 16.0 Å². The average molecular weight is 401 g/mol. The van der Waals surface area contributed by atoms with E-state index in [0.29, 0.717) is 12.1 Å². The first-order valence-corrected chi connectivity index (χ1v) is 9.60. The second kappa shape index (κ2) is 6.95. The predicted molar refractivity (Wildman–Crippen MR) is 89.3 cm³/mol. The fourth-order valence-electron chi connectivity index (χ4n) is 2.89. The van der Waals surface area contributed by atoms with Gasteiger partial charge >= 0.3 is 6.18 Å². The van der Waals surface area contributed by atoms with Crippen LogP contribution in [0.5, 0.6) is 0 Å². The van der Waals surface area contributed by atoms with Gasteiger partial charge in [0.25, 0.3) is 5.91 Å². The minimum atomic E-state index is -4.91. The normalized spacial score (nSPS) is 20.0. The van der Waals surface area contributed by atoms with Crippen molar-refractivity contribution in [3.63, 3.8) is 0 Å². The number of nitrogens with one attached hydrogen (secondary N) is 1. The van der Waals surface area contributed by atoms with Crippen LogP contribution in [0.15, 0.2) is 53.4 Å². The van der Waals surface area contributed by atoms with Crippen LogP contribution in [0.2, 0.25) is 0 Å². The lowest BCUT2D eigenvalue weighted by Gasteiger charge is -2.35. The lowest BCUT2D eigenvalue weighted by molar-refractivity contribution is -0.140. The number of carbonyl (C=O) groups is 1. The molecule has 3 rings (SSSR count). The van der Waals surface area contributed by atoms with Crippen LogP contribution >= 0.6 is 0 Å². The fraction of sp³-hybridized carbons (Fsp3) is 0.278. The van der Waals surface area contributed by atoms with E-state index in [2.05, 4.69) is 5.32 Å². The van der Waals surface area contributed by atoms with E-state index in [1.807, 2.05) is 0 Å². The number of carbonyl (C=O) groups excluding carboxylic acids is 1. The largest absolute Gasteiger partial charge is 0.419 e. The zero-order valence-electron chi connectivity index (χ0n) is 13.8. The molecule has 4 nitrogen and oxygen atoms in total. The number of halogens is 4. The Morgan fingerprint density at radius 1 is 1.04 bits per heavy atom. The summed E-state index contributed by atoms with van der Waals surface area (Å²) in [5.74, 6) is -2.27. The second-order valence-electron chi connectivity index (χ2n) is 6.31. The Morgan fingerprint density at radius 2 is 1.67 bits per heavy atom. The predicted octanol–water partition coefficient (Wildman–Crippen LogP) is 3.58. The molecule has 1 N–H and O–H groups in total. The van der Waals surface area contributed by atoms with Gasteiger partial charge in [0.05, 0.1) is 15.7 Å². The topological polar surface area (TPSA) is 63.2 Å². The van der Waals surface area contributed by atoms with E-state index in [4.69, 9.17) is 0 Å². The monoisotopic (exact) mass is 401 g/mol. The highest BCUT2D eigenvalue weighted by Crippen LogP contribution is 2.33. The summed E-state index contributed by atoms with van der Waals surface area (Å²) in [6, 6.07) is 9.40. The van der Waals surface area contributed by atoms with Crippen molar-refractivity contribution in [2.24, 2.45) is 0 Å². The van der Waals surface area contributed by atoms with E-state index in [-0.39, 0.29) is 23.3 Å². The van der Waals surface area contributed by atoms with Crippen LogP contribution in [-0.4, -0.2) is 25.6 Å². The van der Waals surface area contributed by atoms with Crippen LogP contribution < -0.4 is 5.32 Å². The van der Waals surface area contributed by atoms with Gasteiger partial charge in [-0.2, -0.15) is 13.2 Å². The molecule has 0 aliphatic heterocycles. The molecule has 0 saturated heterocycles. The Balaban J connectivity index is 1.65. The molecule has 0 atom stereocenters. The Kier molecular flexibility index (Phi) is 4.98. The zero-order chi connectivity index (χ0) is 19.8. The number of hydrogen-bond donors (Lipinski definition) is 1. The van der Waals surface area contributed by atoms with E-state index in [1.54, 1.807) is 18.2 Å². The molecule has 0 unspecified atom stereocenters.